The Bertz CT molecular complexity index is 1930. The number of benzene rings is 4. The van der Waals surface area contributed by atoms with Crippen LogP contribution in [0, 0.1) is 0 Å². The number of Topliss-reactive ketones (excluding diaryl/α,β-unsaturated/α-hetero) is 3. The number of nitrogens with zero attached hydrogens (tertiary/aromatic N) is 2. The molecule has 9 heteroatoms. The van der Waals surface area contributed by atoms with E-state index >= 15 is 0 Å². The van der Waals surface area contributed by atoms with Gasteiger partial charge in [0.1, 0.15) is 11.4 Å². The van der Waals surface area contributed by atoms with Crippen LogP contribution in [0.25, 0.3) is 10.9 Å². The molecule has 0 fully saturated rings. The zero-order valence-corrected chi connectivity index (χ0v) is 22.8. The first kappa shape index (κ1) is 25.1. The lowest BCUT2D eigenvalue weighted by Crippen LogP contribution is -2.20. The number of rotatable bonds is 1. The average molecular weight is 574 g/mol. The maximum absolute atomic E-state index is 12.5. The van der Waals surface area contributed by atoms with Gasteiger partial charge in [-0.05, 0) is 48.5 Å². The number of hydrogen-bond donors (Lipinski definition) is 2. The molecule has 41 heavy (non-hydrogen) atoms. The minimum Gasteiger partial charge on any atom is -0.505 e. The van der Waals surface area contributed by atoms with E-state index in [0.29, 0.717) is 43.1 Å². The summed E-state index contributed by atoms with van der Waals surface area (Å²) in [5.74, 6) is 5.73. The van der Waals surface area contributed by atoms with Gasteiger partial charge in [0, 0.05) is 31.9 Å². The van der Waals surface area contributed by atoms with Crippen molar-refractivity contribution in [2.75, 3.05) is 5.84 Å². The summed E-state index contributed by atoms with van der Waals surface area (Å²) in [5.41, 5.74) is 3.59. The van der Waals surface area contributed by atoms with Crippen molar-refractivity contribution in [2.24, 2.45) is 4.99 Å². The number of carbonyl (C=O) groups is 3. The van der Waals surface area contributed by atoms with Crippen LogP contribution in [0.3, 0.4) is 0 Å². The van der Waals surface area contributed by atoms with Gasteiger partial charge in [-0.1, -0.05) is 72.1 Å². The molecule has 3 N–H and O–H groups in total. The summed E-state index contributed by atoms with van der Waals surface area (Å²) in [6, 6.07) is 29.2. The summed E-state index contributed by atoms with van der Waals surface area (Å²) in [6.45, 7) is 0. The van der Waals surface area contributed by atoms with Gasteiger partial charge in [-0.25, -0.2) is 4.99 Å². The van der Waals surface area contributed by atoms with E-state index in [4.69, 9.17) is 5.84 Å². The summed E-state index contributed by atoms with van der Waals surface area (Å²) in [7, 11) is 0. The molecule has 0 spiro atoms. The zero-order chi connectivity index (χ0) is 28.2. The Morgan fingerprint density at radius 3 is 1.71 bits per heavy atom. The molecule has 3 aliphatic rings. The second-order valence-corrected chi connectivity index (χ2v) is 11.5. The molecule has 0 unspecified atom stereocenters. The Hall–Kier alpha value is -4.86. The van der Waals surface area contributed by atoms with Gasteiger partial charge >= 0.3 is 0 Å². The highest BCUT2D eigenvalue weighted by Crippen LogP contribution is 2.49. The number of aromatic nitrogens is 1. The third-order valence-electron chi connectivity index (χ3n) is 7.01. The number of carbonyl (C=O) groups excluding carboxylic acids is 3. The number of allylic oxidation sites excluding steroid dienone is 2. The van der Waals surface area contributed by atoms with Crippen LogP contribution >= 0.6 is 23.5 Å². The number of thioether (sulfide) groups is 2. The van der Waals surface area contributed by atoms with E-state index < -0.39 is 0 Å². The van der Waals surface area contributed by atoms with Gasteiger partial charge in [0.25, 0.3) is 0 Å². The van der Waals surface area contributed by atoms with Crippen LogP contribution in [0.1, 0.15) is 36.8 Å². The molecule has 8 rings (SSSR count). The fourth-order valence-corrected chi connectivity index (χ4v) is 7.34. The Labute approximate surface area is 242 Å². The normalized spacial score (nSPS) is 16.8. The molecule has 198 valence electrons. The second kappa shape index (κ2) is 9.65. The van der Waals surface area contributed by atoms with Crippen molar-refractivity contribution in [2.45, 2.75) is 9.79 Å². The van der Waals surface area contributed by atoms with E-state index in [9.17, 15) is 19.5 Å². The Morgan fingerprint density at radius 1 is 0.634 bits per heavy atom. The fourth-order valence-electron chi connectivity index (χ4n) is 5.04. The lowest BCUT2D eigenvalue weighted by Gasteiger charge is -2.03. The number of ketones is 3. The standard InChI is InChI=1S/C16H11N3O2.C16H8O2S2/c17-19-12-8-4-2-6-10(12)16(21)14(19)13-15(20)9-5-1-3-7-11(9)18-13;17-13-9-5-1-3-7-11(9)19-15(13)16-14(18)10-6-2-4-8-12(10)20-16/h1-8,21H,17H2;1-8H/b;16-15+. The second-order valence-electron chi connectivity index (χ2n) is 9.40. The summed E-state index contributed by atoms with van der Waals surface area (Å²) in [5, 5.41) is 11.0. The molecule has 0 aliphatic carbocycles. The van der Waals surface area contributed by atoms with Gasteiger partial charge in [-0.2, -0.15) is 0 Å². The van der Waals surface area contributed by atoms with Crippen LogP contribution in [-0.4, -0.2) is 32.8 Å². The largest absolute Gasteiger partial charge is 0.505 e. The van der Waals surface area contributed by atoms with Crippen molar-refractivity contribution >= 4 is 63.2 Å². The van der Waals surface area contributed by atoms with E-state index in [1.165, 1.54) is 28.2 Å². The van der Waals surface area contributed by atoms with Crippen LogP contribution in [0.5, 0.6) is 5.75 Å². The van der Waals surface area contributed by atoms with E-state index in [1.807, 2.05) is 60.7 Å². The maximum Gasteiger partial charge on any atom is 0.215 e. The van der Waals surface area contributed by atoms with Crippen molar-refractivity contribution in [1.29, 1.82) is 0 Å². The lowest BCUT2D eigenvalue weighted by molar-refractivity contribution is 0.101. The molecule has 7 nitrogen and oxygen atoms in total. The summed E-state index contributed by atoms with van der Waals surface area (Å²) in [6.07, 6.45) is 0. The van der Waals surface area contributed by atoms with Crippen molar-refractivity contribution in [3.63, 3.8) is 0 Å². The molecule has 1 aromatic heterocycles. The third kappa shape index (κ3) is 3.93. The number of aliphatic imine (C=N–C) groups is 1. The Kier molecular flexibility index (Phi) is 5.92. The number of nitrogen functional groups attached to an aromatic ring is 1. The van der Waals surface area contributed by atoms with E-state index in [1.54, 1.807) is 36.4 Å². The monoisotopic (exact) mass is 573 g/mol. The summed E-state index contributed by atoms with van der Waals surface area (Å²) >= 11 is 2.81. The molecule has 0 saturated carbocycles. The highest BCUT2D eigenvalue weighted by Gasteiger charge is 2.36. The number of aromatic hydroxyl groups is 1. The third-order valence-corrected chi connectivity index (χ3v) is 9.48. The lowest BCUT2D eigenvalue weighted by atomic mass is 10.1. The Balaban J connectivity index is 0.000000135. The van der Waals surface area contributed by atoms with Gasteiger partial charge < -0.3 is 10.9 Å². The van der Waals surface area contributed by atoms with Crippen molar-refractivity contribution in [1.82, 2.24) is 4.68 Å². The summed E-state index contributed by atoms with van der Waals surface area (Å²) in [4.78, 5) is 44.7. The molecular formula is C32H19N3O4S2. The molecule has 5 aromatic rings. The number of para-hydroxylation sites is 2. The van der Waals surface area contributed by atoms with Gasteiger partial charge in [-0.15, -0.1) is 0 Å². The highest BCUT2D eigenvalue weighted by atomic mass is 32.2. The smallest absolute Gasteiger partial charge is 0.215 e. The number of nitrogens with two attached hydrogens (primary N) is 1. The molecule has 0 amide bonds. The molecule has 0 atom stereocenters. The van der Waals surface area contributed by atoms with Crippen molar-refractivity contribution in [3.05, 3.63) is 129 Å². The molecule has 4 heterocycles. The zero-order valence-electron chi connectivity index (χ0n) is 21.2. The van der Waals surface area contributed by atoms with E-state index in [0.717, 1.165) is 9.79 Å². The van der Waals surface area contributed by atoms with Crippen LogP contribution < -0.4 is 5.84 Å². The SMILES string of the molecule is Nn1c(C2=Nc3ccccc3C2=O)c(O)c2ccccc21.O=C1/C(=C2\Sc3ccccc3C2=O)Sc2ccccc21. The molecule has 0 bridgehead atoms. The molecule has 0 radical (unpaired) electrons. The predicted octanol–water partition coefficient (Wildman–Crippen LogP) is 6.55. The fraction of sp³-hybridized carbons (Fsp3) is 0. The highest BCUT2D eigenvalue weighted by molar-refractivity contribution is 8.08. The first-order valence-electron chi connectivity index (χ1n) is 12.6. The predicted molar refractivity (Wildman–Crippen MR) is 161 cm³/mol. The molecule has 4 aromatic carbocycles. The quantitative estimate of drug-likeness (QED) is 0.173. The van der Waals surface area contributed by atoms with Gasteiger partial charge in [0.05, 0.1) is 21.0 Å². The van der Waals surface area contributed by atoms with E-state index in [-0.39, 0.29) is 34.5 Å². The van der Waals surface area contributed by atoms with Gasteiger partial charge in [0.15, 0.2) is 5.75 Å². The van der Waals surface area contributed by atoms with Gasteiger partial charge in [0.2, 0.25) is 17.3 Å². The molecule has 3 aliphatic heterocycles. The summed E-state index contributed by atoms with van der Waals surface area (Å²) < 4.78 is 1.31. The topological polar surface area (TPSA) is 115 Å². The molecular weight excluding hydrogens is 555 g/mol. The number of hydrogen-bond acceptors (Lipinski definition) is 8. The maximum atomic E-state index is 12.5. The van der Waals surface area contributed by atoms with Crippen LogP contribution in [0.4, 0.5) is 5.69 Å². The first-order chi connectivity index (χ1) is 19.9. The minimum absolute atomic E-state index is 0.0204. The van der Waals surface area contributed by atoms with E-state index in [2.05, 4.69) is 4.99 Å². The van der Waals surface area contributed by atoms with Crippen LogP contribution in [-0.2, 0) is 0 Å². The minimum atomic E-state index is -0.226. The molecule has 0 saturated heterocycles. The van der Waals surface area contributed by atoms with Crippen LogP contribution in [0.2, 0.25) is 0 Å². The first-order valence-corrected chi connectivity index (χ1v) is 14.2. The Morgan fingerprint density at radius 2 is 1.15 bits per heavy atom. The van der Waals surface area contributed by atoms with Crippen molar-refractivity contribution < 1.29 is 19.5 Å². The number of fused-ring (bicyclic) bond motifs is 4. The average Bonchev–Trinajstić information content (AvgIpc) is 3.70. The van der Waals surface area contributed by atoms with Gasteiger partial charge in [-0.3, -0.25) is 19.1 Å². The van der Waals surface area contributed by atoms with Crippen LogP contribution in [0.15, 0.2) is 122 Å². The van der Waals surface area contributed by atoms with Crippen molar-refractivity contribution in [3.8, 4) is 5.75 Å².